The number of carbonyl (C=O) groups is 1. The zero-order valence-electron chi connectivity index (χ0n) is 5.14. The molecule has 0 aliphatic carbocycles. The smallest absolute Gasteiger partial charge is 0.265 e. The van der Waals surface area contributed by atoms with E-state index in [1.807, 2.05) is 6.92 Å². The lowest BCUT2D eigenvalue weighted by Gasteiger charge is -1.84. The van der Waals surface area contributed by atoms with Crippen LogP contribution in [-0.2, 0) is 0 Å². The first-order valence-corrected chi connectivity index (χ1v) is 2.65. The molecule has 3 heteroatoms. The highest BCUT2D eigenvalue weighted by molar-refractivity contribution is 5.90. The van der Waals surface area contributed by atoms with Gasteiger partial charge in [-0.05, 0) is 19.1 Å². The Kier molecular flexibility index (Phi) is 1.26. The number of aromatic amines is 1. The van der Waals surface area contributed by atoms with Crippen molar-refractivity contribution in [1.82, 2.24) is 4.98 Å². The molecule has 48 valence electrons. The molecule has 3 nitrogen and oxygen atoms in total. The minimum Gasteiger partial charge on any atom is -0.364 e. The number of H-pyrrole nitrogens is 1. The summed E-state index contributed by atoms with van der Waals surface area (Å²) in [6.45, 7) is 1.87. The van der Waals surface area contributed by atoms with Gasteiger partial charge in [0.1, 0.15) is 5.69 Å². The third-order valence-corrected chi connectivity index (χ3v) is 1.10. The van der Waals surface area contributed by atoms with E-state index in [9.17, 15) is 4.79 Å². The van der Waals surface area contributed by atoms with Crippen LogP contribution in [0.5, 0.6) is 0 Å². The van der Waals surface area contributed by atoms with Gasteiger partial charge in [-0.2, -0.15) is 0 Å². The predicted octanol–water partition coefficient (Wildman–Crippen LogP) is 0.422. The van der Waals surface area contributed by atoms with Crippen molar-refractivity contribution < 1.29 is 4.79 Å². The number of rotatable bonds is 1. The number of carbonyl (C=O) groups excluding carboxylic acids is 1. The Hall–Kier alpha value is -1.25. The van der Waals surface area contributed by atoms with Crippen molar-refractivity contribution >= 4 is 5.91 Å². The highest BCUT2D eigenvalue weighted by atomic mass is 16.1. The molecule has 0 atom stereocenters. The van der Waals surface area contributed by atoms with Crippen LogP contribution in [0.1, 0.15) is 16.2 Å². The summed E-state index contributed by atoms with van der Waals surface area (Å²) in [5.74, 6) is -0.414. The number of nitrogens with one attached hydrogen (secondary N) is 1. The van der Waals surface area contributed by atoms with Gasteiger partial charge in [-0.3, -0.25) is 4.79 Å². The maximum Gasteiger partial charge on any atom is 0.265 e. The van der Waals surface area contributed by atoms with Crippen molar-refractivity contribution in [3.05, 3.63) is 23.5 Å². The van der Waals surface area contributed by atoms with Crippen LogP contribution in [0, 0.1) is 6.92 Å². The number of hydrogen-bond donors (Lipinski definition) is 2. The maximum absolute atomic E-state index is 10.4. The van der Waals surface area contributed by atoms with Crippen LogP contribution >= 0.6 is 0 Å². The second kappa shape index (κ2) is 1.93. The molecule has 1 aromatic rings. The zero-order valence-corrected chi connectivity index (χ0v) is 5.14. The van der Waals surface area contributed by atoms with Crippen molar-refractivity contribution in [2.45, 2.75) is 6.92 Å². The Morgan fingerprint density at radius 1 is 1.67 bits per heavy atom. The second-order valence-corrected chi connectivity index (χ2v) is 1.92. The van der Waals surface area contributed by atoms with E-state index >= 15 is 0 Å². The van der Waals surface area contributed by atoms with Crippen LogP contribution < -0.4 is 5.73 Å². The second-order valence-electron chi connectivity index (χ2n) is 1.92. The van der Waals surface area contributed by atoms with E-state index in [2.05, 4.69) is 4.98 Å². The monoisotopic (exact) mass is 124 g/mol. The Morgan fingerprint density at radius 3 is 2.56 bits per heavy atom. The molecule has 0 bridgehead atoms. The van der Waals surface area contributed by atoms with Crippen molar-refractivity contribution in [1.29, 1.82) is 0 Å². The molecule has 0 unspecified atom stereocenters. The third kappa shape index (κ3) is 1.10. The molecule has 1 rings (SSSR count). The topological polar surface area (TPSA) is 58.9 Å². The first kappa shape index (κ1) is 5.88. The van der Waals surface area contributed by atoms with Gasteiger partial charge in [0.2, 0.25) is 0 Å². The molecule has 3 N–H and O–H groups in total. The molecule has 9 heavy (non-hydrogen) atoms. The number of amides is 1. The van der Waals surface area contributed by atoms with Gasteiger partial charge in [0.25, 0.3) is 5.91 Å². The minimum absolute atomic E-state index is 0.414. The molecule has 0 aliphatic heterocycles. The number of primary amides is 1. The van der Waals surface area contributed by atoms with Gasteiger partial charge in [0.15, 0.2) is 0 Å². The molecule has 0 aromatic carbocycles. The third-order valence-electron chi connectivity index (χ3n) is 1.10. The van der Waals surface area contributed by atoms with Gasteiger partial charge < -0.3 is 10.7 Å². The summed E-state index contributed by atoms with van der Waals surface area (Å²) in [5, 5.41) is 0. The number of aryl methyl sites for hydroxylation is 1. The van der Waals surface area contributed by atoms with Crippen LogP contribution in [0.4, 0.5) is 0 Å². The summed E-state index contributed by atoms with van der Waals surface area (Å²) in [4.78, 5) is 13.2. The lowest BCUT2D eigenvalue weighted by molar-refractivity contribution is 0.0996. The number of aromatic nitrogens is 1. The van der Waals surface area contributed by atoms with E-state index < -0.39 is 5.91 Å². The van der Waals surface area contributed by atoms with Crippen LogP contribution in [-0.4, -0.2) is 10.9 Å². The highest BCUT2D eigenvalue weighted by Gasteiger charge is 1.98. The zero-order chi connectivity index (χ0) is 6.85. The van der Waals surface area contributed by atoms with Crippen LogP contribution in [0.2, 0.25) is 0 Å². The van der Waals surface area contributed by atoms with Crippen molar-refractivity contribution in [3.63, 3.8) is 0 Å². The molecule has 0 saturated carbocycles. The first-order chi connectivity index (χ1) is 4.20. The van der Waals surface area contributed by atoms with E-state index in [4.69, 9.17) is 5.73 Å². The molecule has 1 amide bonds. The van der Waals surface area contributed by atoms with Gasteiger partial charge >= 0.3 is 0 Å². The Bertz CT molecular complexity index is 227. The van der Waals surface area contributed by atoms with Gasteiger partial charge in [-0.15, -0.1) is 0 Å². The van der Waals surface area contributed by atoms with Gasteiger partial charge in [0, 0.05) is 5.69 Å². The quantitative estimate of drug-likeness (QED) is 0.560. The predicted molar refractivity (Wildman–Crippen MR) is 34.0 cm³/mol. The van der Waals surface area contributed by atoms with Crippen molar-refractivity contribution in [2.24, 2.45) is 5.73 Å². The van der Waals surface area contributed by atoms with E-state index in [0.717, 1.165) is 5.69 Å². The fourth-order valence-corrected chi connectivity index (χ4v) is 0.648. The lowest BCUT2D eigenvalue weighted by Crippen LogP contribution is -2.10. The Labute approximate surface area is 52.9 Å². The maximum atomic E-state index is 10.4. The Morgan fingerprint density at radius 2 is 2.33 bits per heavy atom. The fourth-order valence-electron chi connectivity index (χ4n) is 0.648. The average molecular weight is 124 g/mol. The minimum atomic E-state index is -0.414. The fraction of sp³-hybridized carbons (Fsp3) is 0.167. The van der Waals surface area contributed by atoms with E-state index in [0.29, 0.717) is 5.69 Å². The molecule has 0 fully saturated rings. The van der Waals surface area contributed by atoms with Gasteiger partial charge in [0.05, 0.1) is 0 Å². The SMILES string of the molecule is Cc1ccc(C(N)=O)[nH]1. The molecule has 1 aromatic heterocycles. The van der Waals surface area contributed by atoms with E-state index in [1.54, 1.807) is 12.1 Å². The molecule has 0 spiro atoms. The molecule has 0 saturated heterocycles. The molecular weight excluding hydrogens is 116 g/mol. The summed E-state index contributed by atoms with van der Waals surface area (Å²) in [6, 6.07) is 3.47. The molecule has 0 aliphatic rings. The summed E-state index contributed by atoms with van der Waals surface area (Å²) in [5.41, 5.74) is 6.37. The molecule has 0 radical (unpaired) electrons. The van der Waals surface area contributed by atoms with Crippen LogP contribution in [0.3, 0.4) is 0 Å². The van der Waals surface area contributed by atoms with Crippen molar-refractivity contribution in [2.75, 3.05) is 0 Å². The molecular formula is C6H8N2O. The van der Waals surface area contributed by atoms with Crippen LogP contribution in [0.25, 0.3) is 0 Å². The van der Waals surface area contributed by atoms with E-state index in [1.165, 1.54) is 0 Å². The number of nitrogens with two attached hydrogens (primary N) is 1. The van der Waals surface area contributed by atoms with Gasteiger partial charge in [-0.25, -0.2) is 0 Å². The summed E-state index contributed by atoms with van der Waals surface area (Å²) in [6.07, 6.45) is 0. The largest absolute Gasteiger partial charge is 0.364 e. The standard InChI is InChI=1S/C6H8N2O/c1-4-2-3-5(8-4)6(7)9/h2-3,8H,1H3,(H2,7,9). The lowest BCUT2D eigenvalue weighted by atomic mass is 10.4. The van der Waals surface area contributed by atoms with Crippen LogP contribution in [0.15, 0.2) is 12.1 Å². The average Bonchev–Trinajstić information content (AvgIpc) is 2.14. The van der Waals surface area contributed by atoms with Crippen molar-refractivity contribution in [3.8, 4) is 0 Å². The van der Waals surface area contributed by atoms with E-state index in [-0.39, 0.29) is 0 Å². The summed E-state index contributed by atoms with van der Waals surface area (Å²) >= 11 is 0. The summed E-state index contributed by atoms with van der Waals surface area (Å²) < 4.78 is 0. The first-order valence-electron chi connectivity index (χ1n) is 2.65. The number of hydrogen-bond acceptors (Lipinski definition) is 1. The normalized spacial score (nSPS) is 9.44. The summed E-state index contributed by atoms with van der Waals surface area (Å²) in [7, 11) is 0. The van der Waals surface area contributed by atoms with Gasteiger partial charge in [-0.1, -0.05) is 0 Å². The highest BCUT2D eigenvalue weighted by Crippen LogP contribution is 1.97. The molecule has 1 heterocycles. The Balaban J connectivity index is 2.98.